The standard InChI is InChI=1S/C43H52N6O7/c1-26(54-2)34(23-39(50)55-3)42(52)48-19-5-7-37(48)35-22-32(24-44-35)29-11-9-27(10-12-29)28-13-15-30(16-14-28)36-25-45-40(47-36)38-8-6-20-49(38)41(51)31-17-18-33(21-31)46-43(53)56-4/h9-16,24-26,31,33-34,37-38H,5-8,17-23H2,1-4H3,(H,45,47)(H,46,53)/t26-,31+,33-,34+,37?,38+/m1/s1. The Hall–Kier alpha value is -5.30. The molecular formula is C43H52N6O7. The number of esters is 1. The molecule has 2 aromatic carbocycles. The Morgan fingerprint density at radius 2 is 1.50 bits per heavy atom. The van der Waals surface area contributed by atoms with Crippen molar-refractivity contribution in [3.05, 3.63) is 72.3 Å². The summed E-state index contributed by atoms with van der Waals surface area (Å²) in [5.74, 6) is -0.302. The Morgan fingerprint density at radius 3 is 2.18 bits per heavy atom. The van der Waals surface area contributed by atoms with Gasteiger partial charge >= 0.3 is 12.1 Å². The molecule has 1 saturated carbocycles. The van der Waals surface area contributed by atoms with Crippen molar-refractivity contribution in [2.75, 3.05) is 34.4 Å². The van der Waals surface area contributed by atoms with Crippen LogP contribution in [0.3, 0.4) is 0 Å². The zero-order chi connectivity index (χ0) is 39.3. The third kappa shape index (κ3) is 8.28. The number of ether oxygens (including phenoxy) is 3. The predicted octanol–water partition coefficient (Wildman–Crippen LogP) is 6.32. The maximum atomic E-state index is 13.7. The maximum Gasteiger partial charge on any atom is 0.407 e. The fourth-order valence-corrected chi connectivity index (χ4v) is 8.78. The van der Waals surface area contributed by atoms with Crippen molar-refractivity contribution in [2.45, 2.75) is 88.9 Å². The molecule has 13 nitrogen and oxygen atoms in total. The Bertz CT molecular complexity index is 1970. The number of alkyl carbamates (subject to hydrolysis) is 1. The molecule has 3 fully saturated rings. The number of H-pyrrole nitrogens is 1. The number of amides is 3. The van der Waals surface area contributed by atoms with Crippen molar-refractivity contribution in [3.63, 3.8) is 0 Å². The summed E-state index contributed by atoms with van der Waals surface area (Å²) < 4.78 is 15.1. The van der Waals surface area contributed by atoms with Gasteiger partial charge in [0.1, 0.15) is 5.82 Å². The number of likely N-dealkylation sites (tertiary alicyclic amines) is 2. The molecular weight excluding hydrogens is 713 g/mol. The van der Waals surface area contributed by atoms with E-state index in [2.05, 4.69) is 58.8 Å². The second-order valence-corrected chi connectivity index (χ2v) is 15.3. The highest BCUT2D eigenvalue weighted by molar-refractivity contribution is 6.03. The normalized spacial score (nSPS) is 23.1. The molecule has 2 saturated heterocycles. The summed E-state index contributed by atoms with van der Waals surface area (Å²) in [6.45, 7) is 3.15. The highest BCUT2D eigenvalue weighted by atomic mass is 16.5. The topological polar surface area (TPSA) is 156 Å². The Kier molecular flexibility index (Phi) is 12.0. The minimum atomic E-state index is -0.614. The van der Waals surface area contributed by atoms with Gasteiger partial charge in [-0.2, -0.15) is 0 Å². The van der Waals surface area contributed by atoms with Gasteiger partial charge in [0.05, 0.1) is 56.6 Å². The molecule has 13 heteroatoms. The monoisotopic (exact) mass is 764 g/mol. The zero-order valence-electron chi connectivity index (χ0n) is 32.7. The van der Waals surface area contributed by atoms with Crippen molar-refractivity contribution in [1.29, 1.82) is 0 Å². The van der Waals surface area contributed by atoms with E-state index < -0.39 is 24.1 Å². The number of carbonyl (C=O) groups excluding carboxylic acids is 4. The molecule has 0 bridgehead atoms. The summed E-state index contributed by atoms with van der Waals surface area (Å²) in [4.78, 5) is 67.9. The average molecular weight is 765 g/mol. The van der Waals surface area contributed by atoms with Crippen LogP contribution in [0.5, 0.6) is 0 Å². The van der Waals surface area contributed by atoms with E-state index in [1.54, 1.807) is 7.11 Å². The molecule has 0 radical (unpaired) electrons. The number of imidazole rings is 1. The first kappa shape index (κ1) is 39.0. The van der Waals surface area contributed by atoms with E-state index in [0.29, 0.717) is 25.9 Å². The number of allylic oxidation sites excluding steroid dienone is 1. The molecule has 0 spiro atoms. The number of hydrogen-bond acceptors (Lipinski definition) is 9. The van der Waals surface area contributed by atoms with Crippen molar-refractivity contribution in [2.24, 2.45) is 16.8 Å². The van der Waals surface area contributed by atoms with Crippen LogP contribution in [-0.2, 0) is 28.6 Å². The second kappa shape index (κ2) is 17.2. The number of carbonyl (C=O) groups is 4. The maximum absolute atomic E-state index is 13.7. The quantitative estimate of drug-likeness (QED) is 0.203. The summed E-state index contributed by atoms with van der Waals surface area (Å²) in [7, 11) is 4.24. The Labute approximate surface area is 327 Å². The number of methoxy groups -OCH3 is 3. The second-order valence-electron chi connectivity index (χ2n) is 15.3. The van der Waals surface area contributed by atoms with Crippen molar-refractivity contribution >= 4 is 35.2 Å². The van der Waals surface area contributed by atoms with Crippen LogP contribution in [-0.4, -0.2) is 102 Å². The van der Waals surface area contributed by atoms with Gasteiger partial charge in [0.2, 0.25) is 11.8 Å². The lowest BCUT2D eigenvalue weighted by Crippen LogP contribution is -2.46. The van der Waals surface area contributed by atoms with E-state index in [9.17, 15) is 19.2 Å². The fraction of sp³-hybridized carbons (Fsp3) is 0.488. The van der Waals surface area contributed by atoms with Gasteiger partial charge in [0, 0.05) is 50.5 Å². The molecule has 6 atom stereocenters. The number of aromatic amines is 1. The van der Waals surface area contributed by atoms with Gasteiger partial charge in [-0.3, -0.25) is 19.4 Å². The van der Waals surface area contributed by atoms with Crippen LogP contribution in [0, 0.1) is 11.8 Å². The van der Waals surface area contributed by atoms with Crippen LogP contribution in [0.1, 0.15) is 82.1 Å². The van der Waals surface area contributed by atoms with Crippen molar-refractivity contribution < 1.29 is 33.4 Å². The molecule has 296 valence electrons. The van der Waals surface area contributed by atoms with Gasteiger partial charge in [0.15, 0.2) is 0 Å². The lowest BCUT2D eigenvalue weighted by Gasteiger charge is -2.31. The number of nitrogens with one attached hydrogen (secondary N) is 2. The molecule has 4 heterocycles. The third-order valence-corrected chi connectivity index (χ3v) is 12.1. The number of aliphatic imine (C=N–C) groups is 1. The van der Waals surface area contributed by atoms with Crippen LogP contribution in [0.2, 0.25) is 0 Å². The molecule has 3 aromatic rings. The van der Waals surface area contributed by atoms with Gasteiger partial charge in [-0.05, 0) is 79.7 Å². The van der Waals surface area contributed by atoms with Crippen LogP contribution in [0.4, 0.5) is 4.79 Å². The van der Waals surface area contributed by atoms with Gasteiger partial charge in [-0.1, -0.05) is 48.5 Å². The van der Waals surface area contributed by atoms with Gasteiger partial charge < -0.3 is 34.3 Å². The van der Waals surface area contributed by atoms with E-state index in [1.165, 1.54) is 14.2 Å². The average Bonchev–Trinajstić information content (AvgIpc) is 4.08. The molecule has 56 heavy (non-hydrogen) atoms. The van der Waals surface area contributed by atoms with E-state index in [0.717, 1.165) is 83.6 Å². The summed E-state index contributed by atoms with van der Waals surface area (Å²) in [5.41, 5.74) is 7.28. The number of rotatable bonds is 12. The first-order valence-electron chi connectivity index (χ1n) is 19.7. The molecule has 1 aliphatic carbocycles. The minimum absolute atomic E-state index is 0.0201. The molecule has 3 amide bonds. The lowest BCUT2D eigenvalue weighted by atomic mass is 9.94. The molecule has 4 aliphatic rings. The SMILES string of the molecule is COC(=O)C[C@H](C(=O)N1CCCC1C1=NC=C(c2ccc(-c3ccc(-c4cnc([C@@H]5CCCN5C(=O)[C@H]5CC[C@@H](NC(=O)OC)C5)[nH]4)cc3)cc2)C1)[C@@H](C)OC. The number of nitrogens with zero attached hydrogens (tertiary/aromatic N) is 4. The Morgan fingerprint density at radius 1 is 0.839 bits per heavy atom. The summed E-state index contributed by atoms with van der Waals surface area (Å²) >= 11 is 0. The van der Waals surface area contributed by atoms with Crippen molar-refractivity contribution in [3.8, 4) is 22.4 Å². The summed E-state index contributed by atoms with van der Waals surface area (Å²) in [6, 6.07) is 16.6. The van der Waals surface area contributed by atoms with Gasteiger partial charge in [-0.25, -0.2) is 9.78 Å². The number of hydrogen-bond donors (Lipinski definition) is 2. The van der Waals surface area contributed by atoms with Crippen molar-refractivity contribution in [1.82, 2.24) is 25.1 Å². The lowest BCUT2D eigenvalue weighted by molar-refractivity contribution is -0.150. The molecule has 3 aliphatic heterocycles. The molecule has 1 aromatic heterocycles. The molecule has 2 N–H and O–H groups in total. The Balaban J connectivity index is 0.948. The van der Waals surface area contributed by atoms with Crippen LogP contribution < -0.4 is 5.32 Å². The van der Waals surface area contributed by atoms with E-state index in [4.69, 9.17) is 24.2 Å². The number of aromatic nitrogens is 2. The summed E-state index contributed by atoms with van der Waals surface area (Å²) in [6.07, 6.45) is 9.19. The van der Waals surface area contributed by atoms with Crippen LogP contribution >= 0.6 is 0 Å². The van der Waals surface area contributed by atoms with E-state index >= 15 is 0 Å². The van der Waals surface area contributed by atoms with Gasteiger partial charge in [-0.15, -0.1) is 0 Å². The largest absolute Gasteiger partial charge is 0.469 e. The van der Waals surface area contributed by atoms with Gasteiger partial charge in [0.25, 0.3) is 0 Å². The smallest absolute Gasteiger partial charge is 0.407 e. The highest BCUT2D eigenvalue weighted by Gasteiger charge is 2.41. The van der Waals surface area contributed by atoms with E-state index in [-0.39, 0.29) is 42.3 Å². The van der Waals surface area contributed by atoms with E-state index in [1.807, 2.05) is 29.1 Å². The minimum Gasteiger partial charge on any atom is -0.469 e. The summed E-state index contributed by atoms with van der Waals surface area (Å²) in [5, 5.41) is 2.84. The highest BCUT2D eigenvalue weighted by Crippen LogP contribution is 2.37. The zero-order valence-corrected chi connectivity index (χ0v) is 32.7. The van der Waals surface area contributed by atoms with Crippen LogP contribution in [0.15, 0.2) is 65.9 Å². The molecule has 1 unspecified atom stereocenters. The predicted molar refractivity (Wildman–Crippen MR) is 211 cm³/mol. The fourth-order valence-electron chi connectivity index (χ4n) is 8.78. The molecule has 7 rings (SSSR count). The number of benzene rings is 2. The first-order chi connectivity index (χ1) is 27.2. The van der Waals surface area contributed by atoms with Crippen LogP contribution in [0.25, 0.3) is 28.0 Å². The third-order valence-electron chi connectivity index (χ3n) is 12.1. The first-order valence-corrected chi connectivity index (χ1v) is 19.7.